The van der Waals surface area contributed by atoms with Crippen molar-refractivity contribution in [3.8, 4) is 11.8 Å². The van der Waals surface area contributed by atoms with Gasteiger partial charge in [-0.15, -0.1) is 5.10 Å². The molecule has 4 nitrogen and oxygen atoms in total. The first-order chi connectivity index (χ1) is 7.81. The molecule has 0 amide bonds. The number of hydrogen-bond acceptors (Lipinski definition) is 5. The predicted molar refractivity (Wildman–Crippen MR) is 59.0 cm³/mol. The molecule has 1 N–H and O–H groups in total. The fourth-order valence-electron chi connectivity index (χ4n) is 1.13. The van der Waals surface area contributed by atoms with Crippen LogP contribution in [0.25, 0.3) is 0 Å². The fraction of sp³-hybridized carbons (Fsp3) is 0. The number of phenolic OH excluding ortho intramolecular Hbond substituents is 1. The third-order valence-corrected chi connectivity index (χ3v) is 2.94. The molecule has 1 heterocycles. The number of phenols is 1. The van der Waals surface area contributed by atoms with Crippen molar-refractivity contribution in [2.45, 2.75) is 9.92 Å². The van der Waals surface area contributed by atoms with Crippen LogP contribution < -0.4 is 0 Å². The van der Waals surface area contributed by atoms with E-state index in [0.29, 0.717) is 15.5 Å². The summed E-state index contributed by atoms with van der Waals surface area (Å²) >= 11 is 1.22. The number of benzene rings is 1. The molecule has 0 atom stereocenters. The maximum atomic E-state index is 9.58. The molecule has 0 radical (unpaired) electrons. The lowest BCUT2D eigenvalue weighted by Gasteiger charge is -2.03. The molecule has 0 saturated carbocycles. The van der Waals surface area contributed by atoms with Crippen molar-refractivity contribution in [3.63, 3.8) is 0 Å². The Hall–Kier alpha value is -2.06. The van der Waals surface area contributed by atoms with Crippen LogP contribution in [0.2, 0.25) is 0 Å². The van der Waals surface area contributed by atoms with Gasteiger partial charge in [0.25, 0.3) is 0 Å². The molecular formula is C11H7N3OS. The van der Waals surface area contributed by atoms with Crippen molar-refractivity contribution in [1.29, 1.82) is 5.26 Å². The van der Waals surface area contributed by atoms with E-state index in [0.717, 1.165) is 0 Å². The molecule has 78 valence electrons. The Morgan fingerprint density at radius 2 is 2.06 bits per heavy atom. The average Bonchev–Trinajstić information content (AvgIpc) is 2.33. The van der Waals surface area contributed by atoms with E-state index < -0.39 is 0 Å². The minimum absolute atomic E-state index is 0.169. The molecule has 0 bridgehead atoms. The summed E-state index contributed by atoms with van der Waals surface area (Å²) in [7, 11) is 0. The van der Waals surface area contributed by atoms with E-state index >= 15 is 0 Å². The number of aromatic nitrogens is 2. The van der Waals surface area contributed by atoms with Gasteiger partial charge in [-0.1, -0.05) is 23.9 Å². The summed E-state index contributed by atoms with van der Waals surface area (Å²) in [6.45, 7) is 0. The molecule has 0 aliphatic heterocycles. The van der Waals surface area contributed by atoms with E-state index in [2.05, 4.69) is 10.2 Å². The molecule has 0 aliphatic rings. The summed E-state index contributed by atoms with van der Waals surface area (Å²) < 4.78 is 0. The van der Waals surface area contributed by atoms with Crippen LogP contribution in [-0.2, 0) is 0 Å². The van der Waals surface area contributed by atoms with Crippen molar-refractivity contribution in [2.24, 2.45) is 0 Å². The maximum absolute atomic E-state index is 9.58. The van der Waals surface area contributed by atoms with Gasteiger partial charge in [0.15, 0.2) is 0 Å². The van der Waals surface area contributed by atoms with Gasteiger partial charge in [0, 0.05) is 0 Å². The van der Waals surface area contributed by atoms with E-state index in [1.807, 2.05) is 12.1 Å². The minimum atomic E-state index is 0.169. The SMILES string of the molecule is N#Cc1ccnnc1Sc1ccccc1O. The zero-order chi connectivity index (χ0) is 11.4. The predicted octanol–water partition coefficient (Wildman–Crippen LogP) is 2.21. The lowest BCUT2D eigenvalue weighted by atomic mass is 10.3. The molecule has 0 saturated heterocycles. The number of rotatable bonds is 2. The van der Waals surface area contributed by atoms with Gasteiger partial charge in [0.1, 0.15) is 16.8 Å². The van der Waals surface area contributed by atoms with Crippen molar-refractivity contribution < 1.29 is 5.11 Å². The summed E-state index contributed by atoms with van der Waals surface area (Å²) in [6, 6.07) is 10.5. The van der Waals surface area contributed by atoms with Crippen LogP contribution >= 0.6 is 11.8 Å². The van der Waals surface area contributed by atoms with Gasteiger partial charge in [-0.2, -0.15) is 10.4 Å². The van der Waals surface area contributed by atoms with E-state index in [4.69, 9.17) is 5.26 Å². The third kappa shape index (κ3) is 2.12. The summed E-state index contributed by atoms with van der Waals surface area (Å²) in [5.74, 6) is 0.169. The number of para-hydroxylation sites is 1. The van der Waals surface area contributed by atoms with Crippen LogP contribution in [0.4, 0.5) is 0 Å². The van der Waals surface area contributed by atoms with E-state index in [9.17, 15) is 5.11 Å². The van der Waals surface area contributed by atoms with E-state index in [-0.39, 0.29) is 5.75 Å². The van der Waals surface area contributed by atoms with E-state index in [1.54, 1.807) is 24.3 Å². The smallest absolute Gasteiger partial charge is 0.141 e. The summed E-state index contributed by atoms with van der Waals surface area (Å²) in [5.41, 5.74) is 0.447. The summed E-state index contributed by atoms with van der Waals surface area (Å²) in [6.07, 6.45) is 1.47. The van der Waals surface area contributed by atoms with Gasteiger partial charge in [-0.05, 0) is 18.2 Å². The van der Waals surface area contributed by atoms with Crippen molar-refractivity contribution in [3.05, 3.63) is 42.1 Å². The minimum Gasteiger partial charge on any atom is -0.507 e. The van der Waals surface area contributed by atoms with E-state index in [1.165, 1.54) is 18.0 Å². The summed E-state index contributed by atoms with van der Waals surface area (Å²) in [5, 5.41) is 26.5. The second-order valence-electron chi connectivity index (χ2n) is 2.93. The Bertz CT molecular complexity index is 551. The third-order valence-electron chi connectivity index (χ3n) is 1.88. The highest BCUT2D eigenvalue weighted by Crippen LogP contribution is 2.33. The Morgan fingerprint density at radius 3 is 2.81 bits per heavy atom. The maximum Gasteiger partial charge on any atom is 0.141 e. The molecule has 0 aliphatic carbocycles. The molecular weight excluding hydrogens is 222 g/mol. The first-order valence-corrected chi connectivity index (χ1v) is 5.30. The number of nitrogens with zero attached hydrogens (tertiary/aromatic N) is 3. The van der Waals surface area contributed by atoms with Gasteiger partial charge in [0.05, 0.1) is 16.7 Å². The number of aromatic hydroxyl groups is 1. The van der Waals surface area contributed by atoms with Gasteiger partial charge in [-0.3, -0.25) is 0 Å². The van der Waals surface area contributed by atoms with Crippen LogP contribution in [0.3, 0.4) is 0 Å². The first kappa shape index (κ1) is 10.5. The molecule has 0 fully saturated rings. The molecule has 1 aromatic carbocycles. The Balaban J connectivity index is 2.35. The summed E-state index contributed by atoms with van der Waals surface area (Å²) in [4.78, 5) is 0.652. The molecule has 0 spiro atoms. The zero-order valence-electron chi connectivity index (χ0n) is 8.16. The highest BCUT2D eigenvalue weighted by Gasteiger charge is 2.08. The Kier molecular flexibility index (Phi) is 3.03. The van der Waals surface area contributed by atoms with Crippen molar-refractivity contribution in [2.75, 3.05) is 0 Å². The van der Waals surface area contributed by atoms with Crippen molar-refractivity contribution >= 4 is 11.8 Å². The van der Waals surface area contributed by atoms with Crippen LogP contribution in [-0.4, -0.2) is 15.3 Å². The molecule has 16 heavy (non-hydrogen) atoms. The van der Waals surface area contributed by atoms with Crippen LogP contribution in [0.15, 0.2) is 46.5 Å². The molecule has 1 aromatic heterocycles. The van der Waals surface area contributed by atoms with Gasteiger partial charge < -0.3 is 5.11 Å². The number of hydrogen-bond donors (Lipinski definition) is 1. The Morgan fingerprint density at radius 1 is 1.25 bits per heavy atom. The second-order valence-corrected chi connectivity index (χ2v) is 3.96. The van der Waals surface area contributed by atoms with Gasteiger partial charge in [-0.25, -0.2) is 0 Å². The van der Waals surface area contributed by atoms with Crippen LogP contribution in [0.5, 0.6) is 5.75 Å². The van der Waals surface area contributed by atoms with Gasteiger partial charge >= 0.3 is 0 Å². The van der Waals surface area contributed by atoms with Crippen LogP contribution in [0, 0.1) is 11.3 Å². The van der Waals surface area contributed by atoms with Gasteiger partial charge in [0.2, 0.25) is 0 Å². The normalized spacial score (nSPS) is 9.69. The molecule has 0 unspecified atom stereocenters. The second kappa shape index (κ2) is 4.64. The molecule has 5 heteroatoms. The molecule has 2 rings (SSSR count). The van der Waals surface area contributed by atoms with Crippen molar-refractivity contribution in [1.82, 2.24) is 10.2 Å². The fourth-order valence-corrected chi connectivity index (χ4v) is 1.97. The molecule has 2 aromatic rings. The quantitative estimate of drug-likeness (QED) is 0.854. The monoisotopic (exact) mass is 229 g/mol. The Labute approximate surface area is 96.6 Å². The average molecular weight is 229 g/mol. The zero-order valence-corrected chi connectivity index (χ0v) is 8.98. The lowest BCUT2D eigenvalue weighted by Crippen LogP contribution is -1.89. The standard InChI is InChI=1S/C11H7N3OS/c12-7-8-5-6-13-14-11(8)16-10-4-2-1-3-9(10)15/h1-6,15H. The number of nitriles is 1. The highest BCUT2D eigenvalue weighted by molar-refractivity contribution is 7.99. The largest absolute Gasteiger partial charge is 0.507 e. The lowest BCUT2D eigenvalue weighted by molar-refractivity contribution is 0.462. The highest BCUT2D eigenvalue weighted by atomic mass is 32.2. The van der Waals surface area contributed by atoms with Crippen LogP contribution in [0.1, 0.15) is 5.56 Å². The first-order valence-electron chi connectivity index (χ1n) is 4.49. The topological polar surface area (TPSA) is 69.8 Å².